The third-order valence-corrected chi connectivity index (χ3v) is 4.73. The van der Waals surface area contributed by atoms with Crippen molar-refractivity contribution in [3.05, 3.63) is 82.8 Å². The van der Waals surface area contributed by atoms with E-state index in [-0.39, 0.29) is 5.82 Å². The molecule has 0 aromatic heterocycles. The van der Waals surface area contributed by atoms with Gasteiger partial charge in [0.25, 0.3) is 0 Å². The molecule has 1 heterocycles. The quantitative estimate of drug-likeness (QED) is 0.656. The number of carbonyl (C=O) groups excluding carboxylic acids is 1. The van der Waals surface area contributed by atoms with Crippen molar-refractivity contribution in [2.75, 3.05) is 7.11 Å². The van der Waals surface area contributed by atoms with Gasteiger partial charge in [-0.15, -0.1) is 0 Å². The van der Waals surface area contributed by atoms with Crippen molar-refractivity contribution in [2.45, 2.75) is 19.5 Å². The second-order valence-electron chi connectivity index (χ2n) is 6.00. The number of hydrogen-bond donors (Lipinski definition) is 1. The molecule has 1 unspecified atom stereocenters. The SMILES string of the molecule is COC(=O)C1=C(C)N(Cc2ccccc2)C(=S)NC1c1ccc(F)cc1. The van der Waals surface area contributed by atoms with Crippen LogP contribution in [0.4, 0.5) is 4.39 Å². The molecule has 1 atom stereocenters. The molecule has 1 aliphatic heterocycles. The fourth-order valence-electron chi connectivity index (χ4n) is 3.02. The smallest absolute Gasteiger partial charge is 0.337 e. The zero-order valence-electron chi connectivity index (χ0n) is 14.5. The predicted molar refractivity (Wildman–Crippen MR) is 102 cm³/mol. The molecule has 26 heavy (non-hydrogen) atoms. The standard InChI is InChI=1S/C20H19FN2O2S/c1-13-17(19(24)25-2)18(15-8-10-16(21)11-9-15)22-20(26)23(13)12-14-6-4-3-5-7-14/h3-11,18H,12H2,1-2H3,(H,22,26). The van der Waals surface area contributed by atoms with Crippen LogP contribution in [0.15, 0.2) is 65.9 Å². The van der Waals surface area contributed by atoms with Crippen LogP contribution in [0.3, 0.4) is 0 Å². The summed E-state index contributed by atoms with van der Waals surface area (Å²) in [6, 6.07) is 15.4. The highest BCUT2D eigenvalue weighted by atomic mass is 32.1. The first-order valence-electron chi connectivity index (χ1n) is 8.17. The summed E-state index contributed by atoms with van der Waals surface area (Å²) in [5.74, 6) is -0.775. The zero-order valence-corrected chi connectivity index (χ0v) is 15.3. The van der Waals surface area contributed by atoms with E-state index in [1.165, 1.54) is 19.2 Å². The molecule has 0 aliphatic carbocycles. The summed E-state index contributed by atoms with van der Waals surface area (Å²) in [4.78, 5) is 14.3. The summed E-state index contributed by atoms with van der Waals surface area (Å²) >= 11 is 5.54. The third kappa shape index (κ3) is 3.60. The molecule has 0 spiro atoms. The molecular weight excluding hydrogens is 351 g/mol. The van der Waals surface area contributed by atoms with Gasteiger partial charge in [0, 0.05) is 12.2 Å². The van der Waals surface area contributed by atoms with E-state index in [2.05, 4.69) is 5.32 Å². The van der Waals surface area contributed by atoms with E-state index in [4.69, 9.17) is 17.0 Å². The summed E-state index contributed by atoms with van der Waals surface area (Å²) in [5.41, 5.74) is 3.00. The average molecular weight is 370 g/mol. The molecule has 0 radical (unpaired) electrons. The number of rotatable bonds is 4. The fraction of sp³-hybridized carbons (Fsp3) is 0.200. The number of ether oxygens (including phenoxy) is 1. The van der Waals surface area contributed by atoms with Crippen LogP contribution in [0.2, 0.25) is 0 Å². The van der Waals surface area contributed by atoms with Crippen molar-refractivity contribution in [1.29, 1.82) is 0 Å². The molecule has 0 amide bonds. The normalized spacial score (nSPS) is 17.1. The van der Waals surface area contributed by atoms with Gasteiger partial charge in [-0.3, -0.25) is 0 Å². The number of thiocarbonyl (C=S) groups is 1. The van der Waals surface area contributed by atoms with Crippen molar-refractivity contribution >= 4 is 23.3 Å². The van der Waals surface area contributed by atoms with E-state index < -0.39 is 12.0 Å². The molecule has 134 valence electrons. The molecule has 1 aliphatic rings. The van der Waals surface area contributed by atoms with Gasteiger partial charge in [-0.25, -0.2) is 9.18 Å². The van der Waals surface area contributed by atoms with Gasteiger partial charge in [0.1, 0.15) is 5.82 Å². The highest BCUT2D eigenvalue weighted by Crippen LogP contribution is 2.32. The van der Waals surface area contributed by atoms with Crippen LogP contribution in [-0.2, 0) is 16.1 Å². The maximum atomic E-state index is 13.3. The summed E-state index contributed by atoms with van der Waals surface area (Å²) in [6.45, 7) is 2.38. The lowest BCUT2D eigenvalue weighted by Gasteiger charge is -2.37. The van der Waals surface area contributed by atoms with Crippen molar-refractivity contribution in [1.82, 2.24) is 10.2 Å². The minimum Gasteiger partial charge on any atom is -0.466 e. The Bertz CT molecular complexity index is 850. The number of hydrogen-bond acceptors (Lipinski definition) is 3. The van der Waals surface area contributed by atoms with Gasteiger partial charge in [-0.05, 0) is 42.4 Å². The van der Waals surface area contributed by atoms with E-state index >= 15 is 0 Å². The van der Waals surface area contributed by atoms with Gasteiger partial charge >= 0.3 is 5.97 Å². The van der Waals surface area contributed by atoms with E-state index in [9.17, 15) is 9.18 Å². The predicted octanol–water partition coefficient (Wildman–Crippen LogP) is 3.70. The molecule has 0 fully saturated rings. The summed E-state index contributed by atoms with van der Waals surface area (Å²) < 4.78 is 18.3. The number of nitrogens with one attached hydrogen (secondary N) is 1. The Hall–Kier alpha value is -2.73. The van der Waals surface area contributed by atoms with E-state index in [1.807, 2.05) is 42.2 Å². The Morgan fingerprint density at radius 3 is 2.46 bits per heavy atom. The summed E-state index contributed by atoms with van der Waals surface area (Å²) in [6.07, 6.45) is 0. The highest BCUT2D eigenvalue weighted by molar-refractivity contribution is 7.80. The van der Waals surface area contributed by atoms with Gasteiger partial charge in [0.2, 0.25) is 0 Å². The van der Waals surface area contributed by atoms with Crippen molar-refractivity contribution in [3.8, 4) is 0 Å². The van der Waals surface area contributed by atoms with Crippen LogP contribution in [0, 0.1) is 5.82 Å². The lowest BCUT2D eigenvalue weighted by molar-refractivity contribution is -0.136. The fourth-order valence-corrected chi connectivity index (χ4v) is 3.34. The highest BCUT2D eigenvalue weighted by Gasteiger charge is 2.34. The molecule has 0 saturated heterocycles. The largest absolute Gasteiger partial charge is 0.466 e. The first-order valence-corrected chi connectivity index (χ1v) is 8.58. The first kappa shape index (κ1) is 18.1. The van der Waals surface area contributed by atoms with Crippen LogP contribution in [0.25, 0.3) is 0 Å². The molecule has 2 aromatic carbocycles. The molecule has 4 nitrogen and oxygen atoms in total. The topological polar surface area (TPSA) is 41.6 Å². The second kappa shape index (κ2) is 7.66. The Labute approximate surface area is 157 Å². The van der Waals surface area contributed by atoms with Crippen LogP contribution >= 0.6 is 12.2 Å². The van der Waals surface area contributed by atoms with Gasteiger partial charge in [-0.1, -0.05) is 42.5 Å². The molecule has 0 saturated carbocycles. The average Bonchev–Trinajstić information content (AvgIpc) is 2.65. The molecule has 6 heteroatoms. The Balaban J connectivity index is 2.02. The second-order valence-corrected chi connectivity index (χ2v) is 6.38. The van der Waals surface area contributed by atoms with Gasteiger partial charge in [0.05, 0.1) is 18.7 Å². The van der Waals surface area contributed by atoms with Crippen LogP contribution in [-0.4, -0.2) is 23.1 Å². The number of esters is 1. The lowest BCUT2D eigenvalue weighted by Crippen LogP contribution is -2.47. The first-order chi connectivity index (χ1) is 12.5. The number of methoxy groups -OCH3 is 1. The minimum absolute atomic E-state index is 0.335. The van der Waals surface area contributed by atoms with E-state index in [0.29, 0.717) is 17.2 Å². The molecular formula is C20H19FN2O2S. The number of halogens is 1. The Morgan fingerprint density at radius 1 is 1.19 bits per heavy atom. The Kier molecular flexibility index (Phi) is 5.32. The van der Waals surface area contributed by atoms with Crippen LogP contribution in [0.5, 0.6) is 0 Å². The Morgan fingerprint density at radius 2 is 1.85 bits per heavy atom. The van der Waals surface area contributed by atoms with Gasteiger partial charge in [-0.2, -0.15) is 0 Å². The monoisotopic (exact) mass is 370 g/mol. The third-order valence-electron chi connectivity index (χ3n) is 4.39. The maximum Gasteiger partial charge on any atom is 0.337 e. The van der Waals surface area contributed by atoms with Gasteiger partial charge < -0.3 is 15.0 Å². The molecule has 2 aromatic rings. The van der Waals surface area contributed by atoms with Crippen LogP contribution in [0.1, 0.15) is 24.1 Å². The van der Waals surface area contributed by atoms with E-state index in [1.54, 1.807) is 12.1 Å². The minimum atomic E-state index is -0.484. The van der Waals surface area contributed by atoms with Crippen molar-refractivity contribution in [2.24, 2.45) is 0 Å². The summed E-state index contributed by atoms with van der Waals surface area (Å²) in [7, 11) is 1.35. The number of allylic oxidation sites excluding steroid dienone is 1. The number of nitrogens with zero attached hydrogens (tertiary/aromatic N) is 1. The van der Waals surface area contributed by atoms with Crippen LogP contribution < -0.4 is 5.32 Å². The molecule has 1 N–H and O–H groups in total. The van der Waals surface area contributed by atoms with Crippen molar-refractivity contribution in [3.63, 3.8) is 0 Å². The maximum absolute atomic E-state index is 13.3. The lowest BCUT2D eigenvalue weighted by atomic mass is 9.95. The number of carbonyl (C=O) groups is 1. The van der Waals surface area contributed by atoms with E-state index in [0.717, 1.165) is 16.8 Å². The summed E-state index contributed by atoms with van der Waals surface area (Å²) in [5, 5.41) is 3.70. The zero-order chi connectivity index (χ0) is 18.7. The molecule has 3 rings (SSSR count). The molecule has 0 bridgehead atoms. The van der Waals surface area contributed by atoms with Crippen molar-refractivity contribution < 1.29 is 13.9 Å². The van der Waals surface area contributed by atoms with Gasteiger partial charge in [0.15, 0.2) is 5.11 Å². The number of benzene rings is 2.